The fourth-order valence-corrected chi connectivity index (χ4v) is 0. The van der Waals surface area contributed by atoms with Gasteiger partial charge in [0.05, 0.1) is 0 Å². The van der Waals surface area contributed by atoms with Crippen molar-refractivity contribution in [3.05, 3.63) is 0 Å². The Labute approximate surface area is 67.0 Å². The predicted octanol–water partition coefficient (Wildman–Crippen LogP) is 4.10. The van der Waals surface area contributed by atoms with Crippen LogP contribution in [0.15, 0.2) is 0 Å². The lowest BCUT2D eigenvalue weighted by Gasteiger charge is -2.05. The molecule has 0 aliphatic heterocycles. The third kappa shape index (κ3) is 0. The first-order valence-electron chi connectivity index (χ1n) is 4.00. The normalized spacial score (nSPS) is 12.0. The van der Waals surface area contributed by atoms with Gasteiger partial charge in [-0.3, -0.25) is 0 Å². The lowest BCUT2D eigenvalue weighted by molar-refractivity contribution is 0.469. The first-order chi connectivity index (χ1) is 4.00. The molecule has 0 fully saturated rings. The second-order valence-corrected chi connectivity index (χ2v) is 6.00. The standard InChI is InChI=1S/2C5H12/c2*1-5(2,3)4/h2*1-4H3. The Kier molecular flexibility index (Phi) is 5.06. The number of rotatable bonds is 0. The Morgan fingerprint density at radius 2 is 0.400 bits per heavy atom. The summed E-state index contributed by atoms with van der Waals surface area (Å²) in [4.78, 5) is 0. The maximum atomic E-state index is 2.19. The Balaban J connectivity index is 0. The van der Waals surface area contributed by atoms with Crippen molar-refractivity contribution >= 4 is 0 Å². The molecule has 10 heavy (non-hydrogen) atoms. The van der Waals surface area contributed by atoms with Crippen LogP contribution in [0.25, 0.3) is 0 Å². The lowest BCUT2D eigenvalue weighted by atomic mass is 10.0. The van der Waals surface area contributed by atoms with Crippen molar-refractivity contribution in [2.24, 2.45) is 10.8 Å². The zero-order valence-electron chi connectivity index (χ0n) is 9.00. The molecule has 0 N–H and O–H groups in total. The van der Waals surface area contributed by atoms with Gasteiger partial charge >= 0.3 is 0 Å². The second-order valence-electron chi connectivity index (χ2n) is 6.00. The highest BCUT2D eigenvalue weighted by atomic mass is 14.0. The minimum atomic E-state index is 0.500. The summed E-state index contributed by atoms with van der Waals surface area (Å²) in [6, 6.07) is 0. The Hall–Kier alpha value is 0. The van der Waals surface area contributed by atoms with Gasteiger partial charge in [0.25, 0.3) is 0 Å². The minimum Gasteiger partial charge on any atom is -0.0604 e. The summed E-state index contributed by atoms with van der Waals surface area (Å²) in [7, 11) is 0. The fourth-order valence-electron chi connectivity index (χ4n) is 0. The summed E-state index contributed by atoms with van der Waals surface area (Å²) in [6.07, 6.45) is 0. The van der Waals surface area contributed by atoms with Crippen LogP contribution >= 0.6 is 0 Å². The van der Waals surface area contributed by atoms with E-state index in [1.807, 2.05) is 0 Å². The van der Waals surface area contributed by atoms with Crippen LogP contribution in [-0.4, -0.2) is 0 Å². The average molecular weight is 144 g/mol. The van der Waals surface area contributed by atoms with E-state index >= 15 is 0 Å². The van der Waals surface area contributed by atoms with Crippen molar-refractivity contribution in [3.8, 4) is 0 Å². The Morgan fingerprint density at radius 1 is 0.400 bits per heavy atom. The quantitative estimate of drug-likeness (QED) is 0.480. The molecule has 0 nitrogen and oxygen atoms in total. The van der Waals surface area contributed by atoms with Crippen LogP contribution in [-0.2, 0) is 0 Å². The van der Waals surface area contributed by atoms with Gasteiger partial charge in [0.2, 0.25) is 0 Å². The van der Waals surface area contributed by atoms with Gasteiger partial charge < -0.3 is 0 Å². The summed E-state index contributed by atoms with van der Waals surface area (Å²) in [5, 5.41) is 0. The van der Waals surface area contributed by atoms with Crippen LogP contribution in [0.4, 0.5) is 0 Å². The van der Waals surface area contributed by atoms with Gasteiger partial charge in [-0.2, -0.15) is 0 Å². The van der Waals surface area contributed by atoms with Crippen LogP contribution in [0.1, 0.15) is 55.4 Å². The van der Waals surface area contributed by atoms with E-state index in [4.69, 9.17) is 0 Å². The van der Waals surface area contributed by atoms with Gasteiger partial charge in [0.1, 0.15) is 0 Å². The maximum Gasteiger partial charge on any atom is -0.0411 e. The highest BCUT2D eigenvalue weighted by molar-refractivity contribution is 4.47. The van der Waals surface area contributed by atoms with Gasteiger partial charge in [-0.25, -0.2) is 0 Å². The molecule has 0 radical (unpaired) electrons. The SMILES string of the molecule is CC(C)(C)C.CC(C)(C)C. The zero-order chi connectivity index (χ0) is 9.00. The largest absolute Gasteiger partial charge is 0.0604 e. The molecule has 0 aliphatic rings. The summed E-state index contributed by atoms with van der Waals surface area (Å²) in [5.41, 5.74) is 1.00. The molecule has 0 heteroatoms. The number of hydrogen-bond acceptors (Lipinski definition) is 0. The molecular formula is C10H24. The highest BCUT2D eigenvalue weighted by Crippen LogP contribution is 2.08. The van der Waals surface area contributed by atoms with Crippen molar-refractivity contribution in [2.45, 2.75) is 55.4 Å². The molecule has 64 valence electrons. The first-order valence-corrected chi connectivity index (χ1v) is 4.00. The van der Waals surface area contributed by atoms with E-state index in [0.717, 1.165) is 0 Å². The summed E-state index contributed by atoms with van der Waals surface area (Å²) < 4.78 is 0. The van der Waals surface area contributed by atoms with Gasteiger partial charge in [0, 0.05) is 0 Å². The molecule has 0 aliphatic carbocycles. The molecule has 0 atom stereocenters. The van der Waals surface area contributed by atoms with Crippen LogP contribution in [0.2, 0.25) is 0 Å². The van der Waals surface area contributed by atoms with Gasteiger partial charge in [-0.15, -0.1) is 0 Å². The first kappa shape index (κ1) is 12.7. The van der Waals surface area contributed by atoms with Crippen LogP contribution < -0.4 is 0 Å². The molecule has 0 bridgehead atoms. The third-order valence-corrected chi connectivity index (χ3v) is 0. The summed E-state index contributed by atoms with van der Waals surface area (Å²) in [5.74, 6) is 0. The van der Waals surface area contributed by atoms with E-state index in [-0.39, 0.29) is 0 Å². The number of hydrogen-bond donors (Lipinski definition) is 0. The molecule has 0 spiro atoms. The molecule has 0 aromatic rings. The Bertz CT molecular complexity index is 43.0. The summed E-state index contributed by atoms with van der Waals surface area (Å²) >= 11 is 0. The fraction of sp³-hybridized carbons (Fsp3) is 1.00. The average Bonchev–Trinajstić information content (AvgIpc) is 1.12. The molecule has 0 unspecified atom stereocenters. The minimum absolute atomic E-state index is 0.500. The smallest absolute Gasteiger partial charge is 0.0411 e. The zero-order valence-corrected chi connectivity index (χ0v) is 9.00. The van der Waals surface area contributed by atoms with Crippen molar-refractivity contribution in [3.63, 3.8) is 0 Å². The van der Waals surface area contributed by atoms with Crippen molar-refractivity contribution in [1.29, 1.82) is 0 Å². The molecular weight excluding hydrogens is 120 g/mol. The lowest BCUT2D eigenvalue weighted by Crippen LogP contribution is -1.93. The molecule has 0 rings (SSSR count). The van der Waals surface area contributed by atoms with Crippen LogP contribution in [0.5, 0.6) is 0 Å². The van der Waals surface area contributed by atoms with E-state index in [2.05, 4.69) is 55.4 Å². The highest BCUT2D eigenvalue weighted by Gasteiger charge is 1.96. The van der Waals surface area contributed by atoms with Crippen molar-refractivity contribution in [2.75, 3.05) is 0 Å². The predicted molar refractivity (Wildman–Crippen MR) is 50.3 cm³/mol. The van der Waals surface area contributed by atoms with Crippen LogP contribution in [0.3, 0.4) is 0 Å². The molecule has 0 aromatic carbocycles. The molecule has 0 aromatic heterocycles. The van der Waals surface area contributed by atoms with E-state index in [1.165, 1.54) is 0 Å². The summed E-state index contributed by atoms with van der Waals surface area (Å²) in [6.45, 7) is 17.5. The van der Waals surface area contributed by atoms with Gasteiger partial charge in [-0.05, 0) is 10.8 Å². The van der Waals surface area contributed by atoms with E-state index < -0.39 is 0 Å². The molecule has 0 saturated heterocycles. The van der Waals surface area contributed by atoms with Crippen molar-refractivity contribution in [1.82, 2.24) is 0 Å². The van der Waals surface area contributed by atoms with Crippen molar-refractivity contribution < 1.29 is 0 Å². The molecule has 0 amide bonds. The van der Waals surface area contributed by atoms with Gasteiger partial charge in [-0.1, -0.05) is 55.4 Å². The Morgan fingerprint density at radius 3 is 0.400 bits per heavy atom. The van der Waals surface area contributed by atoms with Crippen LogP contribution in [0, 0.1) is 10.8 Å². The second kappa shape index (κ2) is 4.00. The maximum absolute atomic E-state index is 2.19. The van der Waals surface area contributed by atoms with E-state index in [0.29, 0.717) is 10.8 Å². The topological polar surface area (TPSA) is 0 Å². The molecule has 0 saturated carbocycles. The van der Waals surface area contributed by atoms with E-state index in [9.17, 15) is 0 Å². The monoisotopic (exact) mass is 144 g/mol. The van der Waals surface area contributed by atoms with Gasteiger partial charge in [0.15, 0.2) is 0 Å². The third-order valence-electron chi connectivity index (χ3n) is 0. The molecule has 0 heterocycles. The van der Waals surface area contributed by atoms with E-state index in [1.54, 1.807) is 0 Å².